The van der Waals surface area contributed by atoms with Crippen molar-refractivity contribution < 1.29 is 4.74 Å². The fourth-order valence-corrected chi connectivity index (χ4v) is 7.43. The second kappa shape index (κ2) is 16.8. The van der Waals surface area contributed by atoms with Gasteiger partial charge >= 0.3 is 0 Å². The fourth-order valence-electron chi connectivity index (χ4n) is 7.43. The van der Waals surface area contributed by atoms with Gasteiger partial charge in [-0.25, -0.2) is 0 Å². The highest BCUT2D eigenvalue weighted by molar-refractivity contribution is 6.05. The zero-order valence-electron chi connectivity index (χ0n) is 33.0. The summed E-state index contributed by atoms with van der Waals surface area (Å²) in [5.41, 5.74) is 19.0. The molecule has 0 saturated heterocycles. The van der Waals surface area contributed by atoms with Crippen LogP contribution in [0.2, 0.25) is 0 Å². The van der Waals surface area contributed by atoms with Crippen LogP contribution in [0.5, 0.6) is 11.5 Å². The van der Waals surface area contributed by atoms with Crippen molar-refractivity contribution in [2.24, 2.45) is 0 Å². The van der Waals surface area contributed by atoms with E-state index in [1.54, 1.807) is 0 Å². The molecule has 0 radical (unpaired) electrons. The first kappa shape index (κ1) is 37.0. The molecule has 0 aliphatic heterocycles. The maximum atomic E-state index is 6.54. The number of ether oxygens (including phenoxy) is 1. The van der Waals surface area contributed by atoms with Crippen LogP contribution in [-0.2, 0) is 0 Å². The lowest BCUT2D eigenvalue weighted by Gasteiger charge is -2.19. The van der Waals surface area contributed by atoms with E-state index < -0.39 is 0 Å². The summed E-state index contributed by atoms with van der Waals surface area (Å²) < 4.78 is 6.54. The highest BCUT2D eigenvalue weighted by atomic mass is 16.5. The summed E-state index contributed by atoms with van der Waals surface area (Å²) in [5, 5.41) is 0. The molecule has 0 aliphatic carbocycles. The minimum absolute atomic E-state index is 0.782. The zero-order chi connectivity index (χ0) is 39.1. The lowest BCUT2D eigenvalue weighted by atomic mass is 9.85. The van der Waals surface area contributed by atoms with Crippen molar-refractivity contribution in [3.63, 3.8) is 0 Å². The maximum absolute atomic E-state index is 6.54. The quantitative estimate of drug-likeness (QED) is 0.127. The first-order chi connectivity index (χ1) is 27.9. The molecule has 1 heteroatoms. The standard InChI is InChI=1S/C56H46O/c1-39-15-23-45(24-16-39)53(43-11-7-5-8-12-43)54(44-13-9-6-10-14-44)49-31-35-51(36-32-49)57-52-37-33-50(34-38-52)56(48-29-21-42(4)22-30-48)55(46-25-17-40(2)18-26-46)47-27-19-41(3)20-28-47/h5-38H,1-4H3/b54-53-. The van der Waals surface area contributed by atoms with Gasteiger partial charge in [0, 0.05) is 0 Å². The van der Waals surface area contributed by atoms with E-state index in [1.165, 1.54) is 72.4 Å². The van der Waals surface area contributed by atoms with Gasteiger partial charge in [-0.2, -0.15) is 0 Å². The maximum Gasteiger partial charge on any atom is 0.127 e. The van der Waals surface area contributed by atoms with Crippen LogP contribution in [0, 0.1) is 27.7 Å². The van der Waals surface area contributed by atoms with E-state index in [9.17, 15) is 0 Å². The molecule has 8 aromatic carbocycles. The van der Waals surface area contributed by atoms with Crippen LogP contribution in [0.1, 0.15) is 66.8 Å². The van der Waals surface area contributed by atoms with Gasteiger partial charge in [-0.1, -0.05) is 204 Å². The number of rotatable bonds is 10. The summed E-state index contributed by atoms with van der Waals surface area (Å²) in [6.07, 6.45) is 0. The summed E-state index contributed by atoms with van der Waals surface area (Å²) in [4.78, 5) is 0. The molecule has 8 rings (SSSR count). The van der Waals surface area contributed by atoms with E-state index in [-0.39, 0.29) is 0 Å². The Morgan fingerprint density at radius 2 is 0.421 bits per heavy atom. The molecular formula is C56H46O. The minimum Gasteiger partial charge on any atom is -0.457 e. The van der Waals surface area contributed by atoms with Crippen LogP contribution in [0.25, 0.3) is 22.3 Å². The monoisotopic (exact) mass is 734 g/mol. The molecule has 0 bridgehead atoms. The second-order valence-electron chi connectivity index (χ2n) is 14.8. The molecule has 0 atom stereocenters. The highest BCUT2D eigenvalue weighted by Crippen LogP contribution is 2.40. The SMILES string of the molecule is Cc1ccc(C(=C(c2ccc(C)cc2)c2ccc(Oc3ccc(/C(=C(/c4ccccc4)c4ccc(C)cc4)c4ccccc4)cc3)cc2)c2ccc(C)cc2)cc1. The van der Waals surface area contributed by atoms with E-state index in [0.717, 1.165) is 28.2 Å². The van der Waals surface area contributed by atoms with Crippen molar-refractivity contribution in [2.75, 3.05) is 0 Å². The summed E-state index contributed by atoms with van der Waals surface area (Å²) in [6.45, 7) is 8.54. The van der Waals surface area contributed by atoms with Crippen molar-refractivity contribution in [3.8, 4) is 11.5 Å². The van der Waals surface area contributed by atoms with Gasteiger partial charge in [0.15, 0.2) is 0 Å². The van der Waals surface area contributed by atoms with Gasteiger partial charge in [-0.3, -0.25) is 0 Å². The first-order valence-corrected chi connectivity index (χ1v) is 19.7. The molecule has 8 aromatic rings. The molecule has 0 aliphatic rings. The molecule has 0 amide bonds. The van der Waals surface area contributed by atoms with Crippen molar-refractivity contribution in [1.82, 2.24) is 0 Å². The Labute approximate surface area is 337 Å². The summed E-state index contributed by atoms with van der Waals surface area (Å²) in [7, 11) is 0. The molecule has 1 nitrogen and oxygen atoms in total. The largest absolute Gasteiger partial charge is 0.457 e. The van der Waals surface area contributed by atoms with E-state index in [2.05, 4.69) is 234 Å². The third-order valence-electron chi connectivity index (χ3n) is 10.5. The van der Waals surface area contributed by atoms with Crippen LogP contribution in [0.4, 0.5) is 0 Å². The smallest absolute Gasteiger partial charge is 0.127 e. The van der Waals surface area contributed by atoms with Crippen molar-refractivity contribution >= 4 is 22.3 Å². The van der Waals surface area contributed by atoms with Gasteiger partial charge < -0.3 is 4.74 Å². The molecule has 0 aromatic heterocycles. The molecule has 0 fully saturated rings. The number of hydrogen-bond donors (Lipinski definition) is 0. The number of benzene rings is 8. The first-order valence-electron chi connectivity index (χ1n) is 19.7. The van der Waals surface area contributed by atoms with Crippen LogP contribution in [0.3, 0.4) is 0 Å². The van der Waals surface area contributed by atoms with Gasteiger partial charge in [0.25, 0.3) is 0 Å². The Hall–Kier alpha value is -6.96. The molecular weight excluding hydrogens is 689 g/mol. The van der Waals surface area contributed by atoms with Gasteiger partial charge in [0.1, 0.15) is 11.5 Å². The fraction of sp³-hybridized carbons (Fsp3) is 0.0714. The molecule has 0 unspecified atom stereocenters. The Morgan fingerprint density at radius 3 is 0.649 bits per heavy atom. The van der Waals surface area contributed by atoms with E-state index in [4.69, 9.17) is 4.74 Å². The lowest BCUT2D eigenvalue weighted by Crippen LogP contribution is -1.98. The summed E-state index contributed by atoms with van der Waals surface area (Å²) in [5.74, 6) is 1.57. The Balaban J connectivity index is 1.18. The van der Waals surface area contributed by atoms with Crippen LogP contribution in [-0.4, -0.2) is 0 Å². The third-order valence-corrected chi connectivity index (χ3v) is 10.5. The van der Waals surface area contributed by atoms with Crippen molar-refractivity contribution in [2.45, 2.75) is 27.7 Å². The summed E-state index contributed by atoms with van der Waals surface area (Å²) in [6, 6.07) is 73.9. The van der Waals surface area contributed by atoms with E-state index in [0.29, 0.717) is 0 Å². The second-order valence-corrected chi connectivity index (χ2v) is 14.8. The van der Waals surface area contributed by atoms with Crippen molar-refractivity contribution in [3.05, 3.63) is 273 Å². The normalized spacial score (nSPS) is 11.4. The Bertz CT molecular complexity index is 2580. The predicted octanol–water partition coefficient (Wildman–Crippen LogP) is 14.7. The molecule has 0 N–H and O–H groups in total. The molecule has 57 heavy (non-hydrogen) atoms. The molecule has 276 valence electrons. The van der Waals surface area contributed by atoms with Gasteiger partial charge in [-0.05, 0) is 119 Å². The average molecular weight is 735 g/mol. The van der Waals surface area contributed by atoms with Crippen LogP contribution >= 0.6 is 0 Å². The zero-order valence-corrected chi connectivity index (χ0v) is 33.0. The third kappa shape index (κ3) is 8.49. The Kier molecular flexibility index (Phi) is 10.9. The average Bonchev–Trinajstić information content (AvgIpc) is 3.25. The van der Waals surface area contributed by atoms with Gasteiger partial charge in [0.2, 0.25) is 0 Å². The molecule has 0 heterocycles. The van der Waals surface area contributed by atoms with Crippen LogP contribution in [0.15, 0.2) is 206 Å². The Morgan fingerprint density at radius 1 is 0.228 bits per heavy atom. The molecule has 0 saturated carbocycles. The number of hydrogen-bond acceptors (Lipinski definition) is 1. The molecule has 0 spiro atoms. The number of aryl methyl sites for hydroxylation is 4. The van der Waals surface area contributed by atoms with Gasteiger partial charge in [0.05, 0.1) is 0 Å². The van der Waals surface area contributed by atoms with E-state index >= 15 is 0 Å². The van der Waals surface area contributed by atoms with Gasteiger partial charge in [-0.15, -0.1) is 0 Å². The lowest BCUT2D eigenvalue weighted by molar-refractivity contribution is 0.482. The van der Waals surface area contributed by atoms with E-state index in [1.807, 2.05) is 0 Å². The minimum atomic E-state index is 0.782. The predicted molar refractivity (Wildman–Crippen MR) is 241 cm³/mol. The highest BCUT2D eigenvalue weighted by Gasteiger charge is 2.18. The topological polar surface area (TPSA) is 9.23 Å². The van der Waals surface area contributed by atoms with Crippen molar-refractivity contribution in [1.29, 1.82) is 0 Å². The van der Waals surface area contributed by atoms with Crippen LogP contribution < -0.4 is 4.74 Å². The summed E-state index contributed by atoms with van der Waals surface area (Å²) >= 11 is 0.